The van der Waals surface area contributed by atoms with Crippen molar-refractivity contribution in [2.45, 2.75) is 25.7 Å². The van der Waals surface area contributed by atoms with Gasteiger partial charge in [-0.25, -0.2) is 0 Å². The number of hydrogen-bond donors (Lipinski definition) is 1. The molecular weight excluding hydrogens is 200 g/mol. The molecule has 2 aliphatic rings. The number of carbonyl (C=O) groups is 1. The molecule has 0 atom stereocenters. The molecule has 0 bridgehead atoms. The first-order valence-corrected chi connectivity index (χ1v) is 6.40. The number of nitrogens with zero attached hydrogens (tertiary/aromatic N) is 1. The molecule has 0 unspecified atom stereocenters. The van der Waals surface area contributed by atoms with Crippen molar-refractivity contribution in [3.63, 3.8) is 0 Å². The highest BCUT2D eigenvalue weighted by Gasteiger charge is 2.23. The van der Waals surface area contributed by atoms with Gasteiger partial charge in [-0.1, -0.05) is 6.08 Å². The van der Waals surface area contributed by atoms with Gasteiger partial charge in [-0.05, 0) is 44.1 Å². The van der Waals surface area contributed by atoms with E-state index in [-0.39, 0.29) is 5.91 Å². The topological polar surface area (TPSA) is 32.3 Å². The van der Waals surface area contributed by atoms with Gasteiger partial charge in [-0.15, -0.1) is 6.58 Å². The number of hydrogen-bond acceptors (Lipinski definition) is 2. The summed E-state index contributed by atoms with van der Waals surface area (Å²) in [7, 11) is 0. The fourth-order valence-electron chi connectivity index (χ4n) is 2.20. The molecule has 1 amide bonds. The molecule has 1 N–H and O–H groups in total. The molecule has 90 valence electrons. The standard InChI is InChI=1S/C13H22N2O/c1-2-11-5-7-15(8-6-11)13(16)10-14-9-12-3-4-12/h2,11-12,14H,1,3-10H2. The van der Waals surface area contributed by atoms with Gasteiger partial charge in [0.2, 0.25) is 5.91 Å². The highest BCUT2D eigenvalue weighted by Crippen LogP contribution is 2.27. The van der Waals surface area contributed by atoms with Gasteiger partial charge in [0.25, 0.3) is 0 Å². The van der Waals surface area contributed by atoms with Crippen LogP contribution in [0.3, 0.4) is 0 Å². The number of amides is 1. The van der Waals surface area contributed by atoms with Crippen molar-refractivity contribution in [1.82, 2.24) is 10.2 Å². The monoisotopic (exact) mass is 222 g/mol. The van der Waals surface area contributed by atoms with Crippen molar-refractivity contribution >= 4 is 5.91 Å². The van der Waals surface area contributed by atoms with Gasteiger partial charge < -0.3 is 10.2 Å². The van der Waals surface area contributed by atoms with Gasteiger partial charge in [0, 0.05) is 13.1 Å². The van der Waals surface area contributed by atoms with E-state index in [4.69, 9.17) is 0 Å². The molecule has 2 rings (SSSR count). The van der Waals surface area contributed by atoms with Gasteiger partial charge >= 0.3 is 0 Å². The summed E-state index contributed by atoms with van der Waals surface area (Å²) >= 11 is 0. The van der Waals surface area contributed by atoms with E-state index >= 15 is 0 Å². The minimum absolute atomic E-state index is 0.267. The Balaban J connectivity index is 1.62. The first kappa shape index (κ1) is 11.6. The Labute approximate surface area is 97.9 Å². The van der Waals surface area contributed by atoms with Crippen molar-refractivity contribution < 1.29 is 4.79 Å². The van der Waals surface area contributed by atoms with Crippen molar-refractivity contribution in [3.8, 4) is 0 Å². The predicted molar refractivity (Wildman–Crippen MR) is 65.1 cm³/mol. The van der Waals surface area contributed by atoms with Crippen LogP contribution in [0.4, 0.5) is 0 Å². The molecule has 0 aromatic rings. The van der Waals surface area contributed by atoms with E-state index in [1.54, 1.807) is 0 Å². The maximum absolute atomic E-state index is 11.8. The number of likely N-dealkylation sites (tertiary alicyclic amines) is 1. The minimum Gasteiger partial charge on any atom is -0.342 e. The molecule has 3 heteroatoms. The molecule has 3 nitrogen and oxygen atoms in total. The summed E-state index contributed by atoms with van der Waals surface area (Å²) in [6, 6.07) is 0. The Morgan fingerprint density at radius 1 is 1.31 bits per heavy atom. The molecule has 1 saturated heterocycles. The molecule has 16 heavy (non-hydrogen) atoms. The number of carbonyl (C=O) groups excluding carboxylic acids is 1. The molecule has 1 aliphatic carbocycles. The van der Waals surface area contributed by atoms with Gasteiger partial charge in [-0.3, -0.25) is 4.79 Å². The lowest BCUT2D eigenvalue weighted by Gasteiger charge is -2.30. The third kappa shape index (κ3) is 3.34. The summed E-state index contributed by atoms with van der Waals surface area (Å²) in [4.78, 5) is 13.8. The Hall–Kier alpha value is -0.830. The summed E-state index contributed by atoms with van der Waals surface area (Å²) in [6.07, 6.45) is 6.86. The molecule has 2 fully saturated rings. The average Bonchev–Trinajstić information content (AvgIpc) is 3.13. The van der Waals surface area contributed by atoms with Gasteiger partial charge in [-0.2, -0.15) is 0 Å². The molecule has 0 aromatic carbocycles. The summed E-state index contributed by atoms with van der Waals surface area (Å²) in [6.45, 7) is 7.17. The minimum atomic E-state index is 0.267. The van der Waals surface area contributed by atoms with Gasteiger partial charge in [0.1, 0.15) is 0 Å². The van der Waals surface area contributed by atoms with Crippen molar-refractivity contribution in [2.24, 2.45) is 11.8 Å². The van der Waals surface area contributed by atoms with E-state index in [2.05, 4.69) is 11.9 Å². The second-order valence-corrected chi connectivity index (χ2v) is 5.03. The molecule has 1 aliphatic heterocycles. The molecule has 1 heterocycles. The maximum atomic E-state index is 11.8. The normalized spacial score (nSPS) is 22.1. The molecular formula is C13H22N2O. The fourth-order valence-corrected chi connectivity index (χ4v) is 2.20. The lowest BCUT2D eigenvalue weighted by molar-refractivity contribution is -0.131. The second kappa shape index (κ2) is 5.48. The van der Waals surface area contributed by atoms with Crippen LogP contribution in [-0.2, 0) is 4.79 Å². The molecule has 0 aromatic heterocycles. The van der Waals surface area contributed by atoms with Crippen LogP contribution in [0, 0.1) is 11.8 Å². The summed E-state index contributed by atoms with van der Waals surface area (Å²) in [5.41, 5.74) is 0. The smallest absolute Gasteiger partial charge is 0.236 e. The summed E-state index contributed by atoms with van der Waals surface area (Å²) < 4.78 is 0. The average molecular weight is 222 g/mol. The third-order valence-electron chi connectivity index (χ3n) is 3.63. The number of allylic oxidation sites excluding steroid dienone is 1. The van der Waals surface area contributed by atoms with Crippen LogP contribution in [0.25, 0.3) is 0 Å². The lowest BCUT2D eigenvalue weighted by Crippen LogP contribution is -2.43. The van der Waals surface area contributed by atoms with E-state index in [1.165, 1.54) is 12.8 Å². The SMILES string of the molecule is C=CC1CCN(C(=O)CNCC2CC2)CC1. The van der Waals surface area contributed by atoms with E-state index in [0.29, 0.717) is 12.5 Å². The summed E-state index contributed by atoms with van der Waals surface area (Å²) in [5.74, 6) is 1.73. The van der Waals surface area contributed by atoms with Crippen molar-refractivity contribution in [1.29, 1.82) is 0 Å². The molecule has 0 spiro atoms. The van der Waals surface area contributed by atoms with E-state index in [0.717, 1.165) is 38.4 Å². The van der Waals surface area contributed by atoms with Crippen LogP contribution in [0.2, 0.25) is 0 Å². The molecule has 1 saturated carbocycles. The van der Waals surface area contributed by atoms with Gasteiger partial charge in [0.05, 0.1) is 6.54 Å². The number of piperidine rings is 1. The van der Waals surface area contributed by atoms with E-state index in [1.807, 2.05) is 11.0 Å². The third-order valence-corrected chi connectivity index (χ3v) is 3.63. The van der Waals surface area contributed by atoms with Crippen LogP contribution < -0.4 is 5.32 Å². The Morgan fingerprint density at radius 2 is 2.00 bits per heavy atom. The first-order chi connectivity index (χ1) is 7.79. The second-order valence-electron chi connectivity index (χ2n) is 5.03. The lowest BCUT2D eigenvalue weighted by atomic mass is 9.97. The zero-order chi connectivity index (χ0) is 11.4. The predicted octanol–water partition coefficient (Wildman–Crippen LogP) is 1.41. The van der Waals surface area contributed by atoms with Crippen LogP contribution in [-0.4, -0.2) is 37.0 Å². The largest absolute Gasteiger partial charge is 0.342 e. The highest BCUT2D eigenvalue weighted by atomic mass is 16.2. The zero-order valence-corrected chi connectivity index (χ0v) is 9.95. The summed E-state index contributed by atoms with van der Waals surface area (Å²) in [5, 5.41) is 3.26. The van der Waals surface area contributed by atoms with Crippen LogP contribution in [0.15, 0.2) is 12.7 Å². The van der Waals surface area contributed by atoms with Crippen LogP contribution in [0.5, 0.6) is 0 Å². The zero-order valence-electron chi connectivity index (χ0n) is 9.95. The van der Waals surface area contributed by atoms with E-state index < -0.39 is 0 Å². The number of nitrogens with one attached hydrogen (secondary N) is 1. The van der Waals surface area contributed by atoms with Crippen molar-refractivity contribution in [3.05, 3.63) is 12.7 Å². The Kier molecular flexibility index (Phi) is 3.99. The molecule has 0 radical (unpaired) electrons. The van der Waals surface area contributed by atoms with Gasteiger partial charge in [0.15, 0.2) is 0 Å². The van der Waals surface area contributed by atoms with Crippen LogP contribution >= 0.6 is 0 Å². The Bertz CT molecular complexity index is 253. The van der Waals surface area contributed by atoms with Crippen molar-refractivity contribution in [2.75, 3.05) is 26.2 Å². The Morgan fingerprint density at radius 3 is 2.56 bits per heavy atom. The maximum Gasteiger partial charge on any atom is 0.236 e. The quantitative estimate of drug-likeness (QED) is 0.713. The van der Waals surface area contributed by atoms with Crippen LogP contribution in [0.1, 0.15) is 25.7 Å². The first-order valence-electron chi connectivity index (χ1n) is 6.40. The number of rotatable bonds is 5. The fraction of sp³-hybridized carbons (Fsp3) is 0.769. The highest BCUT2D eigenvalue weighted by molar-refractivity contribution is 5.78. The van der Waals surface area contributed by atoms with E-state index in [9.17, 15) is 4.79 Å².